The third-order valence-electron chi connectivity index (χ3n) is 4.16. The molecule has 0 fully saturated rings. The number of aryl methyl sites for hydroxylation is 1. The lowest BCUT2D eigenvalue weighted by Gasteiger charge is -2.20. The Kier molecular flexibility index (Phi) is 4.12. The standard InChI is InChI=1S/C15H19N5OS/c1-2-3-7-15(19-20-15)8-9-17-13(21)10-5-4-6-11-12(10)18-14(16)22-11/h1,10H,3-9H2,(H2,16,18)(H,17,21). The van der Waals surface area contributed by atoms with Gasteiger partial charge in [-0.15, -0.1) is 23.7 Å². The summed E-state index contributed by atoms with van der Waals surface area (Å²) in [6.45, 7) is 0.557. The molecule has 2 aliphatic rings. The summed E-state index contributed by atoms with van der Waals surface area (Å²) in [4.78, 5) is 17.9. The molecule has 3 N–H and O–H groups in total. The van der Waals surface area contributed by atoms with Gasteiger partial charge >= 0.3 is 0 Å². The molecule has 1 aromatic rings. The van der Waals surface area contributed by atoms with Gasteiger partial charge in [0.25, 0.3) is 0 Å². The van der Waals surface area contributed by atoms with E-state index in [1.807, 2.05) is 0 Å². The third kappa shape index (κ3) is 3.12. The molecule has 0 aromatic carbocycles. The van der Waals surface area contributed by atoms with Crippen LogP contribution in [-0.2, 0) is 11.2 Å². The van der Waals surface area contributed by atoms with Crippen molar-refractivity contribution >= 4 is 22.4 Å². The Bertz CT molecular complexity index is 639. The van der Waals surface area contributed by atoms with Gasteiger partial charge in [-0.2, -0.15) is 10.2 Å². The zero-order chi connectivity index (χ0) is 15.6. The Morgan fingerprint density at radius 1 is 1.50 bits per heavy atom. The fourth-order valence-electron chi connectivity index (χ4n) is 2.87. The van der Waals surface area contributed by atoms with Crippen molar-refractivity contribution < 1.29 is 4.79 Å². The molecule has 6 nitrogen and oxygen atoms in total. The molecule has 0 saturated carbocycles. The lowest BCUT2D eigenvalue weighted by atomic mass is 9.90. The number of carbonyl (C=O) groups excluding carboxylic acids is 1. The van der Waals surface area contributed by atoms with Gasteiger partial charge in [0.15, 0.2) is 10.8 Å². The summed E-state index contributed by atoms with van der Waals surface area (Å²) in [7, 11) is 0. The van der Waals surface area contributed by atoms with Crippen molar-refractivity contribution in [3.8, 4) is 12.3 Å². The van der Waals surface area contributed by atoms with Crippen molar-refractivity contribution in [3.63, 3.8) is 0 Å². The number of nitrogens with one attached hydrogen (secondary N) is 1. The number of hydrogen-bond donors (Lipinski definition) is 2. The number of rotatable bonds is 6. The molecule has 7 heteroatoms. The van der Waals surface area contributed by atoms with Crippen LogP contribution in [0.1, 0.15) is 48.6 Å². The molecule has 1 amide bonds. The first-order valence-corrected chi connectivity index (χ1v) is 8.35. The van der Waals surface area contributed by atoms with Gasteiger partial charge in [-0.1, -0.05) is 0 Å². The number of amides is 1. The maximum atomic E-state index is 12.4. The van der Waals surface area contributed by atoms with Crippen molar-refractivity contribution in [2.75, 3.05) is 12.3 Å². The Morgan fingerprint density at radius 3 is 3.05 bits per heavy atom. The van der Waals surface area contributed by atoms with Crippen molar-refractivity contribution in [3.05, 3.63) is 10.6 Å². The van der Waals surface area contributed by atoms with Crippen LogP contribution in [0.25, 0.3) is 0 Å². The lowest BCUT2D eigenvalue weighted by molar-refractivity contribution is -0.122. The minimum Gasteiger partial charge on any atom is -0.375 e. The van der Waals surface area contributed by atoms with Gasteiger partial charge in [0, 0.05) is 30.7 Å². The van der Waals surface area contributed by atoms with E-state index in [2.05, 4.69) is 26.4 Å². The van der Waals surface area contributed by atoms with Crippen LogP contribution in [0.2, 0.25) is 0 Å². The van der Waals surface area contributed by atoms with Crippen LogP contribution >= 0.6 is 11.3 Å². The van der Waals surface area contributed by atoms with E-state index in [4.69, 9.17) is 12.2 Å². The Balaban J connectivity index is 1.52. The molecule has 0 saturated heterocycles. The highest BCUT2D eigenvalue weighted by molar-refractivity contribution is 7.15. The predicted octanol–water partition coefficient (Wildman–Crippen LogP) is 2.23. The van der Waals surface area contributed by atoms with Crippen molar-refractivity contribution in [2.45, 2.75) is 50.1 Å². The van der Waals surface area contributed by atoms with Gasteiger partial charge in [-0.05, 0) is 19.3 Å². The summed E-state index contributed by atoms with van der Waals surface area (Å²) >= 11 is 1.50. The van der Waals surface area contributed by atoms with Crippen molar-refractivity contribution in [2.24, 2.45) is 10.2 Å². The molecule has 2 heterocycles. The molecular formula is C15H19N5OS. The van der Waals surface area contributed by atoms with Crippen LogP contribution < -0.4 is 11.1 Å². The molecule has 116 valence electrons. The molecule has 3 rings (SSSR count). The number of nitrogens with two attached hydrogens (primary N) is 1. The average Bonchev–Trinajstić information content (AvgIpc) is 3.16. The van der Waals surface area contributed by atoms with Gasteiger partial charge < -0.3 is 11.1 Å². The Morgan fingerprint density at radius 2 is 2.32 bits per heavy atom. The molecule has 1 unspecified atom stereocenters. The minimum absolute atomic E-state index is 0.0269. The van der Waals surface area contributed by atoms with Crippen LogP contribution in [0.15, 0.2) is 10.2 Å². The topological polar surface area (TPSA) is 92.7 Å². The number of nitrogen functional groups attached to an aromatic ring is 1. The van der Waals surface area contributed by atoms with E-state index in [1.165, 1.54) is 11.3 Å². The second-order valence-corrected chi connectivity index (χ2v) is 6.85. The smallest absolute Gasteiger partial charge is 0.229 e. The highest BCUT2D eigenvalue weighted by Gasteiger charge is 2.39. The number of thiazole rings is 1. The molecule has 0 radical (unpaired) electrons. The number of fused-ring (bicyclic) bond motifs is 1. The van der Waals surface area contributed by atoms with Gasteiger partial charge in [-0.25, -0.2) is 4.98 Å². The zero-order valence-electron chi connectivity index (χ0n) is 12.3. The fourth-order valence-corrected chi connectivity index (χ4v) is 3.80. The predicted molar refractivity (Wildman–Crippen MR) is 85.5 cm³/mol. The third-order valence-corrected chi connectivity index (χ3v) is 5.12. The van der Waals surface area contributed by atoms with E-state index in [0.717, 1.165) is 36.3 Å². The number of aromatic nitrogens is 1. The molecule has 22 heavy (non-hydrogen) atoms. The quantitative estimate of drug-likeness (QED) is 0.788. The largest absolute Gasteiger partial charge is 0.375 e. The summed E-state index contributed by atoms with van der Waals surface area (Å²) in [5.74, 6) is 2.45. The van der Waals surface area contributed by atoms with E-state index in [0.29, 0.717) is 24.5 Å². The maximum absolute atomic E-state index is 12.4. The van der Waals surface area contributed by atoms with Gasteiger partial charge in [0.05, 0.1) is 11.6 Å². The van der Waals surface area contributed by atoms with Crippen molar-refractivity contribution in [1.82, 2.24) is 10.3 Å². The van der Waals surface area contributed by atoms with Crippen LogP contribution in [0, 0.1) is 12.3 Å². The first-order valence-electron chi connectivity index (χ1n) is 7.54. The summed E-state index contributed by atoms with van der Waals surface area (Å²) in [6.07, 6.45) is 10.2. The molecule has 1 aliphatic heterocycles. The van der Waals surface area contributed by atoms with Crippen molar-refractivity contribution in [1.29, 1.82) is 0 Å². The summed E-state index contributed by atoms with van der Waals surface area (Å²) in [5, 5.41) is 11.7. The van der Waals surface area contributed by atoms with Gasteiger partial charge in [0.2, 0.25) is 5.91 Å². The summed E-state index contributed by atoms with van der Waals surface area (Å²) in [5.41, 5.74) is 6.29. The monoisotopic (exact) mass is 317 g/mol. The second kappa shape index (κ2) is 6.05. The number of anilines is 1. The summed E-state index contributed by atoms with van der Waals surface area (Å²) < 4.78 is 0. The fraction of sp³-hybridized carbons (Fsp3) is 0.600. The number of terminal acetylenes is 1. The summed E-state index contributed by atoms with van der Waals surface area (Å²) in [6, 6.07) is 0. The highest BCUT2D eigenvalue weighted by Crippen LogP contribution is 2.37. The second-order valence-electron chi connectivity index (χ2n) is 5.73. The molecule has 0 spiro atoms. The van der Waals surface area contributed by atoms with Gasteiger partial charge in [0.1, 0.15) is 0 Å². The first-order chi connectivity index (χ1) is 10.6. The minimum atomic E-state index is -0.345. The maximum Gasteiger partial charge on any atom is 0.229 e. The highest BCUT2D eigenvalue weighted by atomic mass is 32.1. The van der Waals surface area contributed by atoms with Gasteiger partial charge in [-0.3, -0.25) is 4.79 Å². The molecule has 1 aliphatic carbocycles. The molecule has 1 aromatic heterocycles. The number of nitrogens with zero attached hydrogens (tertiary/aromatic N) is 3. The number of hydrogen-bond acceptors (Lipinski definition) is 6. The van der Waals surface area contributed by atoms with E-state index in [1.54, 1.807) is 0 Å². The number of carbonyl (C=O) groups is 1. The normalized spacial score (nSPS) is 21.0. The van der Waals surface area contributed by atoms with Crippen LogP contribution in [0.5, 0.6) is 0 Å². The Hall–Kier alpha value is -1.94. The molecule has 1 atom stereocenters. The Labute approximate surface area is 133 Å². The average molecular weight is 317 g/mol. The van der Waals surface area contributed by atoms with E-state index in [-0.39, 0.29) is 17.5 Å². The first kappa shape index (κ1) is 15.0. The molecular weight excluding hydrogens is 298 g/mol. The molecule has 0 bridgehead atoms. The van der Waals surface area contributed by atoms with E-state index < -0.39 is 0 Å². The van der Waals surface area contributed by atoms with E-state index >= 15 is 0 Å². The van der Waals surface area contributed by atoms with Crippen LogP contribution in [0.3, 0.4) is 0 Å². The SMILES string of the molecule is C#CCCC1(CCNC(=O)C2CCCc3sc(N)nc32)N=N1. The lowest BCUT2D eigenvalue weighted by Crippen LogP contribution is -2.34. The zero-order valence-corrected chi connectivity index (χ0v) is 13.2. The van der Waals surface area contributed by atoms with Crippen LogP contribution in [0.4, 0.5) is 5.13 Å². The van der Waals surface area contributed by atoms with E-state index in [9.17, 15) is 4.79 Å². The van der Waals surface area contributed by atoms with Crippen LogP contribution in [-0.4, -0.2) is 23.1 Å².